The van der Waals surface area contributed by atoms with E-state index < -0.39 is 11.6 Å². The molecule has 0 aromatic heterocycles. The van der Waals surface area contributed by atoms with Gasteiger partial charge < -0.3 is 9.64 Å². The maximum atomic E-state index is 14.2. The Kier molecular flexibility index (Phi) is 6.68. The van der Waals surface area contributed by atoms with E-state index in [9.17, 15) is 4.79 Å². The first-order valence-corrected chi connectivity index (χ1v) is 12.4. The number of nitrogens with zero attached hydrogens (tertiary/aromatic N) is 2. The summed E-state index contributed by atoms with van der Waals surface area (Å²) in [5, 5.41) is 0. The summed E-state index contributed by atoms with van der Waals surface area (Å²) in [4.78, 5) is 21.8. The zero-order chi connectivity index (χ0) is 25.0. The van der Waals surface area contributed by atoms with Crippen LogP contribution in [0.1, 0.15) is 42.1 Å². The van der Waals surface area contributed by atoms with E-state index >= 15 is 0 Å². The van der Waals surface area contributed by atoms with Crippen LogP contribution in [0.3, 0.4) is 0 Å². The number of esters is 1. The highest BCUT2D eigenvalue weighted by molar-refractivity contribution is 6.04. The quantitative estimate of drug-likeness (QED) is 0.286. The molecule has 0 aliphatic carbocycles. The summed E-state index contributed by atoms with van der Waals surface area (Å²) >= 11 is 0. The third-order valence-corrected chi connectivity index (χ3v) is 6.47. The van der Waals surface area contributed by atoms with Gasteiger partial charge in [0.1, 0.15) is 5.84 Å². The second-order valence-corrected chi connectivity index (χ2v) is 9.31. The van der Waals surface area contributed by atoms with Crippen LogP contribution < -0.4 is 0 Å². The van der Waals surface area contributed by atoms with Crippen molar-refractivity contribution in [3.05, 3.63) is 144 Å². The van der Waals surface area contributed by atoms with Gasteiger partial charge in [-0.15, -0.1) is 0 Å². The Labute approximate surface area is 212 Å². The molecule has 0 radical (unpaired) electrons. The van der Waals surface area contributed by atoms with E-state index in [4.69, 9.17) is 9.73 Å². The maximum Gasteiger partial charge on any atom is 0.341 e. The lowest BCUT2D eigenvalue weighted by molar-refractivity contribution is -0.156. The second kappa shape index (κ2) is 10.2. The van der Waals surface area contributed by atoms with Crippen molar-refractivity contribution >= 4 is 11.8 Å². The lowest BCUT2D eigenvalue weighted by Crippen LogP contribution is -2.45. The zero-order valence-corrected chi connectivity index (χ0v) is 20.6. The van der Waals surface area contributed by atoms with Gasteiger partial charge in [0.2, 0.25) is 5.54 Å². The minimum absolute atomic E-state index is 0.270. The number of carbonyl (C=O) groups is 1. The fourth-order valence-electron chi connectivity index (χ4n) is 4.95. The van der Waals surface area contributed by atoms with Gasteiger partial charge in [0.25, 0.3) is 0 Å². The molecular weight excluding hydrogens is 444 g/mol. The van der Waals surface area contributed by atoms with Crippen molar-refractivity contribution in [3.8, 4) is 0 Å². The average Bonchev–Trinajstić information content (AvgIpc) is 3.26. The van der Waals surface area contributed by atoms with Gasteiger partial charge in [-0.3, -0.25) is 0 Å². The van der Waals surface area contributed by atoms with Crippen molar-refractivity contribution in [2.75, 3.05) is 0 Å². The molecular formula is C32H30N2O2. The Bertz CT molecular complexity index is 1320. The van der Waals surface area contributed by atoms with E-state index in [0.717, 1.165) is 28.1 Å². The Morgan fingerprint density at radius 1 is 0.806 bits per heavy atom. The molecule has 36 heavy (non-hydrogen) atoms. The highest BCUT2D eigenvalue weighted by Gasteiger charge is 2.57. The molecule has 0 amide bonds. The first kappa shape index (κ1) is 23.6. The summed E-state index contributed by atoms with van der Waals surface area (Å²) in [6.45, 7) is 4.36. The van der Waals surface area contributed by atoms with Crippen LogP contribution in [0, 0.1) is 0 Å². The van der Waals surface area contributed by atoms with Gasteiger partial charge in [-0.05, 0) is 30.5 Å². The van der Waals surface area contributed by atoms with Crippen molar-refractivity contribution in [2.45, 2.75) is 38.1 Å². The molecule has 0 N–H and O–H groups in total. The maximum absolute atomic E-state index is 14.2. The minimum atomic E-state index is -1.27. The smallest absolute Gasteiger partial charge is 0.341 e. The molecule has 0 fully saturated rings. The van der Waals surface area contributed by atoms with Gasteiger partial charge in [-0.1, -0.05) is 121 Å². The summed E-state index contributed by atoms with van der Waals surface area (Å²) in [6.07, 6.45) is -0.270. The molecule has 180 valence electrons. The number of rotatable bonds is 7. The first-order chi connectivity index (χ1) is 17.6. The highest BCUT2D eigenvalue weighted by atomic mass is 16.5. The van der Waals surface area contributed by atoms with Crippen molar-refractivity contribution in [1.29, 1.82) is 0 Å². The number of aliphatic imine (C=N–C) groups is 1. The third kappa shape index (κ3) is 4.42. The van der Waals surface area contributed by atoms with Gasteiger partial charge in [0, 0.05) is 12.1 Å². The van der Waals surface area contributed by atoms with E-state index in [0.29, 0.717) is 6.54 Å². The van der Waals surface area contributed by atoms with Crippen molar-refractivity contribution in [3.63, 3.8) is 0 Å². The summed E-state index contributed by atoms with van der Waals surface area (Å²) in [7, 11) is 0. The molecule has 2 atom stereocenters. The van der Waals surface area contributed by atoms with Crippen LogP contribution in [0.5, 0.6) is 0 Å². The predicted octanol–water partition coefficient (Wildman–Crippen LogP) is 6.54. The molecule has 0 saturated carbocycles. The fourth-order valence-corrected chi connectivity index (χ4v) is 4.95. The second-order valence-electron chi connectivity index (χ2n) is 9.31. The molecule has 0 spiro atoms. The molecule has 4 nitrogen and oxygen atoms in total. The van der Waals surface area contributed by atoms with Crippen LogP contribution in [0.4, 0.5) is 0 Å². The van der Waals surface area contributed by atoms with Crippen molar-refractivity contribution in [1.82, 2.24) is 4.90 Å². The van der Waals surface area contributed by atoms with E-state index in [1.807, 2.05) is 111 Å². The van der Waals surface area contributed by atoms with E-state index in [1.165, 1.54) is 0 Å². The van der Waals surface area contributed by atoms with Crippen LogP contribution in [0.15, 0.2) is 126 Å². The number of amidine groups is 1. The Morgan fingerprint density at radius 2 is 1.33 bits per heavy atom. The summed E-state index contributed by atoms with van der Waals surface area (Å²) < 4.78 is 5.95. The highest BCUT2D eigenvalue weighted by Crippen LogP contribution is 2.50. The van der Waals surface area contributed by atoms with E-state index in [2.05, 4.69) is 29.2 Å². The predicted molar refractivity (Wildman–Crippen MR) is 143 cm³/mol. The Morgan fingerprint density at radius 3 is 1.92 bits per heavy atom. The van der Waals surface area contributed by atoms with Gasteiger partial charge in [0.15, 0.2) is 0 Å². The number of ether oxygens (including phenoxy) is 1. The summed E-state index contributed by atoms with van der Waals surface area (Å²) in [6, 6.07) is 40.0. The molecule has 4 aromatic rings. The molecule has 1 aliphatic heterocycles. The number of benzene rings is 4. The van der Waals surface area contributed by atoms with Gasteiger partial charge >= 0.3 is 5.97 Å². The molecule has 5 rings (SSSR count). The number of hydrogen-bond acceptors (Lipinski definition) is 4. The largest absolute Gasteiger partial charge is 0.461 e. The summed E-state index contributed by atoms with van der Waals surface area (Å²) in [5.74, 6) is 0.430. The molecule has 4 aromatic carbocycles. The van der Waals surface area contributed by atoms with Gasteiger partial charge in [-0.25, -0.2) is 9.79 Å². The molecule has 0 unspecified atom stereocenters. The monoisotopic (exact) mass is 474 g/mol. The first-order valence-electron chi connectivity index (χ1n) is 12.4. The van der Waals surface area contributed by atoms with E-state index in [-0.39, 0.29) is 12.1 Å². The minimum Gasteiger partial charge on any atom is -0.461 e. The average molecular weight is 475 g/mol. The third-order valence-electron chi connectivity index (χ3n) is 6.47. The Balaban J connectivity index is 1.79. The lowest BCUT2D eigenvalue weighted by atomic mass is 9.79. The van der Waals surface area contributed by atoms with E-state index in [1.54, 1.807) is 0 Å². The normalized spacial score (nSPS) is 19.2. The topological polar surface area (TPSA) is 41.9 Å². The van der Waals surface area contributed by atoms with Crippen LogP contribution >= 0.6 is 0 Å². The van der Waals surface area contributed by atoms with Gasteiger partial charge in [0.05, 0.1) is 12.1 Å². The Hall–Kier alpha value is -4.18. The lowest BCUT2D eigenvalue weighted by Gasteiger charge is -2.37. The van der Waals surface area contributed by atoms with Gasteiger partial charge in [-0.2, -0.15) is 0 Å². The van der Waals surface area contributed by atoms with Crippen LogP contribution in [-0.4, -0.2) is 22.8 Å². The van der Waals surface area contributed by atoms with Crippen molar-refractivity contribution < 1.29 is 9.53 Å². The van der Waals surface area contributed by atoms with Crippen LogP contribution in [0.25, 0.3) is 0 Å². The van der Waals surface area contributed by atoms with Crippen LogP contribution in [0.2, 0.25) is 0 Å². The standard InChI is InChI=1S/C32H30N2O2/c1-24(2)36-31(35)32(28-21-13-6-14-22-28)29(26-17-9-4-10-18-26)34(23-25-15-7-3-8-16-25)30(33-32)27-19-11-5-12-20-27/h3-22,24,29H,23H2,1-2H3/t29-,32-/m1/s1. The summed E-state index contributed by atoms with van der Waals surface area (Å²) in [5.41, 5.74) is 2.65. The van der Waals surface area contributed by atoms with Crippen molar-refractivity contribution in [2.24, 2.45) is 4.99 Å². The number of carbonyl (C=O) groups excluding carboxylic acids is 1. The molecule has 0 saturated heterocycles. The molecule has 1 aliphatic rings. The molecule has 4 heteroatoms. The number of hydrogen-bond donors (Lipinski definition) is 0. The SMILES string of the molecule is CC(C)OC(=O)[C@]1(c2ccccc2)N=C(c2ccccc2)N(Cc2ccccc2)[C@@H]1c1ccccc1. The van der Waals surface area contributed by atoms with Crippen LogP contribution in [-0.2, 0) is 21.6 Å². The fraction of sp³-hybridized carbons (Fsp3) is 0.188. The zero-order valence-electron chi connectivity index (χ0n) is 20.6. The molecule has 1 heterocycles. The molecule has 0 bridgehead atoms.